The van der Waals surface area contributed by atoms with Crippen LogP contribution in [0.5, 0.6) is 0 Å². The molecule has 10 heterocycles. The fourth-order valence-electron chi connectivity index (χ4n) is 17.1. The van der Waals surface area contributed by atoms with Gasteiger partial charge in [0, 0.05) is 56.3 Å². The highest BCUT2D eigenvalue weighted by atomic mass is 19.4. The van der Waals surface area contributed by atoms with E-state index < -0.39 is 47.1 Å². The number of fused-ring (bicyclic) bond motifs is 4. The minimum absolute atomic E-state index is 0.164. The highest BCUT2D eigenvalue weighted by molar-refractivity contribution is 5.79. The van der Waals surface area contributed by atoms with Gasteiger partial charge in [0.25, 0.3) is 22.2 Å². The lowest BCUT2D eigenvalue weighted by Gasteiger charge is -2.33. The number of para-hydroxylation sites is 8. The smallest absolute Gasteiger partial charge is 0.416 e. The van der Waals surface area contributed by atoms with Crippen LogP contribution in [0.15, 0.2) is 213 Å². The molecule has 0 radical (unpaired) electrons. The summed E-state index contributed by atoms with van der Waals surface area (Å²) < 4.78 is 146. The van der Waals surface area contributed by atoms with Gasteiger partial charge in [0.15, 0.2) is 0 Å². The Morgan fingerprint density at radius 2 is 0.771 bits per heavy atom. The maximum Gasteiger partial charge on any atom is 0.416 e. The van der Waals surface area contributed by atoms with Crippen LogP contribution in [-0.4, -0.2) is 134 Å². The lowest BCUT2D eigenvalue weighted by atomic mass is 9.90. The number of ether oxygens (including phenoxy) is 2. The summed E-state index contributed by atoms with van der Waals surface area (Å²) in [6, 6.07) is 50.7. The monoisotopic (exact) mass is 1800 g/mol. The molecule has 0 bridgehead atoms. The first-order chi connectivity index (χ1) is 62.8. The first kappa shape index (κ1) is 90.5. The molecule has 26 nitrogen and oxygen atoms in total. The third kappa shape index (κ3) is 21.0. The van der Waals surface area contributed by atoms with Gasteiger partial charge in [-0.3, -0.25) is 39.6 Å². The Morgan fingerprint density at radius 1 is 0.420 bits per heavy atom. The SMILES string of the molecule is CC(C)(O)OC(=O)N1CCC(CCc2c(-c3ccc(C(F)(F)F)cc3)[nH]n(-c3nc4ccccc4[nH]3)c2=O)CC1.COCc1[nH]n(-c2nc3ccccc3[nH]2)c(=O)c1CCc1ccc(F)cc1.O=c1c(CC2CCCC2)c(-c2ccc(C(F)(F)F)cc2)[nH]n1-c1nc2ccccc2[nH]1.O=c1c(CCC2CCNCC2)c(-c2ccc(C(F)(F)F)cc2)[nH]n1-c1nc2ccccc2[nH]1. The molecule has 0 spiro atoms. The van der Waals surface area contributed by atoms with E-state index in [9.17, 15) is 73.0 Å². The van der Waals surface area contributed by atoms with Crippen LogP contribution in [0, 0.1) is 23.6 Å². The van der Waals surface area contributed by atoms with Crippen molar-refractivity contribution in [2.75, 3.05) is 33.3 Å². The predicted molar refractivity (Wildman–Crippen MR) is 475 cm³/mol. The molecule has 131 heavy (non-hydrogen) atoms. The fraction of sp³-hybridized carbons (Fsp3) is 0.316. The molecule has 1 saturated carbocycles. The van der Waals surface area contributed by atoms with Gasteiger partial charge in [-0.25, -0.2) is 29.1 Å². The minimum Gasteiger partial charge on any atom is -0.418 e. The average Bonchev–Trinajstić information content (AvgIpc) is 1.63. The Kier molecular flexibility index (Phi) is 26.5. The highest BCUT2D eigenvalue weighted by Gasteiger charge is 2.36. The molecule has 682 valence electrons. The molecular weight excluding hydrogens is 1710 g/mol. The van der Waals surface area contributed by atoms with Crippen molar-refractivity contribution in [1.29, 1.82) is 0 Å². The van der Waals surface area contributed by atoms with Crippen LogP contribution in [0.1, 0.15) is 128 Å². The van der Waals surface area contributed by atoms with E-state index in [1.54, 1.807) is 24.1 Å². The standard InChI is InChI=1S/C28H30F3N5O4.C24H24F3N5O.C23H21F3N4O.C20H19FN4O2/c1-27(2,39)40-26(38)35-15-13-17(14-16-35)7-12-20-23(18-8-10-19(11-9-18)28(29,30)31)34-36(24(20)37)25-32-21-5-3-4-6-22(21)33-25;25-24(26,27)17-8-6-16(7-9-17)21-18(10-5-15-11-13-28-14-12-15)22(33)32(31-21)23-29-19-3-1-2-4-20(19)30-23;24-23(25,26)16-11-9-15(10-12-16)20-17(13-14-5-1-2-6-14)21(31)30(29-20)22-27-18-7-3-4-8-19(18)28-22;1-27-12-18-15(11-8-13-6-9-14(21)10-7-13)19(26)25(24-18)20-22-16-4-2-3-5-17(16)23-20/h3-6,8-11,17,34,39H,7,12-16H2,1-2H3,(H,32,33);1-4,6-9,15,28,31H,5,10-14H2,(H,29,30);3-4,7-12,14,29H,1-2,5-6,13H2,(H,27,28);2-7,9-10,24H,8,11-12H2,1H3,(H,22,23). The van der Waals surface area contributed by atoms with Crippen LogP contribution < -0.4 is 27.6 Å². The predicted octanol–water partition coefficient (Wildman–Crippen LogP) is 18.5. The van der Waals surface area contributed by atoms with E-state index in [2.05, 4.69) is 65.6 Å². The molecule has 2 saturated heterocycles. The zero-order chi connectivity index (χ0) is 92.0. The molecule has 19 rings (SSSR count). The van der Waals surface area contributed by atoms with Gasteiger partial charge in [-0.2, -0.15) is 58.2 Å². The van der Waals surface area contributed by atoms with Crippen molar-refractivity contribution in [3.8, 4) is 57.6 Å². The zero-order valence-electron chi connectivity index (χ0n) is 71.5. The Hall–Kier alpha value is -13.9. The van der Waals surface area contributed by atoms with Crippen LogP contribution >= 0.6 is 0 Å². The Balaban J connectivity index is 0.000000129. The van der Waals surface area contributed by atoms with Crippen LogP contribution in [-0.2, 0) is 66.7 Å². The van der Waals surface area contributed by atoms with Gasteiger partial charge >= 0.3 is 24.6 Å². The largest absolute Gasteiger partial charge is 0.418 e. The van der Waals surface area contributed by atoms with E-state index in [-0.39, 0.29) is 39.9 Å². The van der Waals surface area contributed by atoms with Crippen molar-refractivity contribution in [1.82, 2.24) is 89.2 Å². The number of hydrogen-bond donors (Lipinski definition) is 10. The number of rotatable bonds is 21. The zero-order valence-corrected chi connectivity index (χ0v) is 71.5. The van der Waals surface area contributed by atoms with Gasteiger partial charge in [0.1, 0.15) is 5.82 Å². The summed E-state index contributed by atoms with van der Waals surface area (Å²) in [6.45, 7) is 5.92. The third-order valence-corrected chi connectivity index (χ3v) is 24.0. The number of likely N-dealkylation sites (tertiary alicyclic amines) is 1. The number of amides is 1. The lowest BCUT2D eigenvalue weighted by molar-refractivity contribution is -0.141. The number of nitrogens with one attached hydrogen (secondary N) is 9. The van der Waals surface area contributed by atoms with Gasteiger partial charge in [0.2, 0.25) is 29.6 Å². The number of piperidine rings is 2. The summed E-state index contributed by atoms with van der Waals surface area (Å²) in [7, 11) is 1.58. The number of carbonyl (C=O) groups is 1. The number of aliphatic hydroxyl groups is 1. The van der Waals surface area contributed by atoms with Crippen LogP contribution in [0.25, 0.3) is 102 Å². The second-order valence-corrected chi connectivity index (χ2v) is 33.5. The summed E-state index contributed by atoms with van der Waals surface area (Å²) in [5.74, 6) is 0.738. The molecule has 16 aromatic rings. The summed E-state index contributed by atoms with van der Waals surface area (Å²) in [5, 5.41) is 25.5. The average molecular weight is 1810 g/mol. The van der Waals surface area contributed by atoms with Crippen molar-refractivity contribution in [2.24, 2.45) is 17.8 Å². The number of nitrogens with zero attached hydrogens (tertiary/aromatic N) is 9. The molecule has 1 amide bonds. The highest BCUT2D eigenvalue weighted by Crippen LogP contribution is 2.38. The first-order valence-corrected chi connectivity index (χ1v) is 43.2. The topological polar surface area (TPSA) is 337 Å². The second kappa shape index (κ2) is 38.4. The molecule has 0 unspecified atom stereocenters. The van der Waals surface area contributed by atoms with E-state index in [0.29, 0.717) is 168 Å². The Labute approximate surface area is 740 Å². The van der Waals surface area contributed by atoms with Crippen LogP contribution in [0.4, 0.5) is 48.7 Å². The van der Waals surface area contributed by atoms with Crippen LogP contribution in [0.3, 0.4) is 0 Å². The number of benzene rings is 8. The van der Waals surface area contributed by atoms with Gasteiger partial charge in [-0.15, -0.1) is 0 Å². The van der Waals surface area contributed by atoms with Gasteiger partial charge in [-0.05, 0) is 221 Å². The molecular formula is C95H94F10N18O8. The third-order valence-electron chi connectivity index (χ3n) is 24.0. The molecule has 8 aromatic heterocycles. The summed E-state index contributed by atoms with van der Waals surface area (Å²) in [5.41, 5.74) is 9.92. The van der Waals surface area contributed by atoms with Crippen molar-refractivity contribution in [3.05, 3.63) is 292 Å². The van der Waals surface area contributed by atoms with E-state index in [4.69, 9.17) is 9.47 Å². The number of hydrogen-bond acceptors (Lipinski definition) is 13. The maximum absolute atomic E-state index is 13.6. The summed E-state index contributed by atoms with van der Waals surface area (Å²) in [6.07, 6.45) is -1.79. The molecule has 10 N–H and O–H groups in total. The van der Waals surface area contributed by atoms with Crippen molar-refractivity contribution < 1.29 is 63.3 Å². The maximum atomic E-state index is 13.6. The second-order valence-electron chi connectivity index (χ2n) is 33.5. The van der Waals surface area contributed by atoms with E-state index in [1.807, 2.05) is 97.1 Å². The fourth-order valence-corrected chi connectivity index (χ4v) is 17.1. The number of methoxy groups -OCH3 is 1. The molecule has 8 aromatic carbocycles. The molecule has 3 fully saturated rings. The summed E-state index contributed by atoms with van der Waals surface area (Å²) >= 11 is 0. The molecule has 0 atom stereocenters. The lowest BCUT2D eigenvalue weighted by Crippen LogP contribution is -2.42. The van der Waals surface area contributed by atoms with Crippen LogP contribution in [0.2, 0.25) is 0 Å². The van der Waals surface area contributed by atoms with Crippen molar-refractivity contribution >= 4 is 50.2 Å². The Bertz CT molecular complexity index is 6780. The van der Waals surface area contributed by atoms with E-state index >= 15 is 0 Å². The van der Waals surface area contributed by atoms with Gasteiger partial charge in [-0.1, -0.05) is 123 Å². The van der Waals surface area contributed by atoms with E-state index in [0.717, 1.165) is 139 Å². The van der Waals surface area contributed by atoms with Crippen molar-refractivity contribution in [2.45, 2.75) is 141 Å². The normalized spacial score (nSPS) is 14.4. The number of carbonyl (C=O) groups excluding carboxylic acids is 1. The van der Waals surface area contributed by atoms with Gasteiger partial charge in [0.05, 0.1) is 90.2 Å². The number of H-pyrrole nitrogens is 8. The summed E-state index contributed by atoms with van der Waals surface area (Å²) in [4.78, 5) is 97.7. The number of aryl methyl sites for hydroxylation is 1. The first-order valence-electron chi connectivity index (χ1n) is 43.2. The Morgan fingerprint density at radius 3 is 1.14 bits per heavy atom. The minimum atomic E-state index is -4.47. The molecule has 1 aliphatic carbocycles. The number of halogens is 10. The number of imidazole rings is 4. The van der Waals surface area contributed by atoms with Crippen molar-refractivity contribution in [3.63, 3.8) is 0 Å². The number of aromatic nitrogens is 16. The molecule has 2 aliphatic heterocycles. The number of aromatic amines is 8. The van der Waals surface area contributed by atoms with E-state index in [1.165, 1.54) is 81.1 Å². The quantitative estimate of drug-likeness (QED) is 0.0237. The van der Waals surface area contributed by atoms with Gasteiger partial charge < -0.3 is 44.7 Å². The molecule has 36 heteroatoms. The molecule has 3 aliphatic rings. The number of alkyl halides is 9.